The molecule has 0 amide bonds. The molecule has 2 atom stereocenters. The van der Waals surface area contributed by atoms with Crippen LogP contribution in [0.25, 0.3) is 10.2 Å². The second kappa shape index (κ2) is 13.3. The van der Waals surface area contributed by atoms with Gasteiger partial charge in [0.15, 0.2) is 11.3 Å². The molecule has 38 heavy (non-hydrogen) atoms. The number of hydrogen-bond donors (Lipinski definition) is 3. The Bertz CT molecular complexity index is 1230. The fourth-order valence-corrected chi connectivity index (χ4v) is 5.87. The van der Waals surface area contributed by atoms with Gasteiger partial charge in [0.1, 0.15) is 16.6 Å². The van der Waals surface area contributed by atoms with E-state index in [2.05, 4.69) is 39.6 Å². The maximum absolute atomic E-state index is 12.6. The third-order valence-corrected chi connectivity index (χ3v) is 8.19. The van der Waals surface area contributed by atoms with Crippen molar-refractivity contribution in [3.63, 3.8) is 0 Å². The normalized spacial score (nSPS) is 14.8. The number of pyridine rings is 1. The van der Waals surface area contributed by atoms with Crippen LogP contribution >= 0.6 is 11.3 Å². The standard InChI is InChI=1S/C28H40N6O3S/c1-19(37-4)17-33(14-6-5-9-23-11-10-22-8-7-13-29-27(22)31-23)15-12-24(21(3)35)32-28-26-25(16-20(2)38-26)30-18-34(28)36/h10-11,16,18-19,24,36H,5-9,12-15,17H2,1-4H3,(H,29,31)/p+1/t19-,24+/m1/s1. The zero-order valence-corrected chi connectivity index (χ0v) is 23.8. The molecule has 0 aliphatic carbocycles. The summed E-state index contributed by atoms with van der Waals surface area (Å²) in [6.45, 7) is 9.14. The molecule has 4 heterocycles. The number of Topliss-reactive ketones (excluding diaryl/α,β-unsaturated/α-hetero) is 1. The van der Waals surface area contributed by atoms with E-state index in [1.807, 2.05) is 13.0 Å². The van der Waals surface area contributed by atoms with E-state index in [1.54, 1.807) is 25.4 Å². The molecule has 3 aromatic rings. The number of anilines is 2. The van der Waals surface area contributed by atoms with Crippen LogP contribution in [0, 0.1) is 6.92 Å². The van der Waals surface area contributed by atoms with E-state index in [0.29, 0.717) is 12.2 Å². The van der Waals surface area contributed by atoms with Crippen molar-refractivity contribution in [2.24, 2.45) is 0 Å². The first-order valence-electron chi connectivity index (χ1n) is 13.6. The average Bonchev–Trinajstić information content (AvgIpc) is 3.29. The first-order chi connectivity index (χ1) is 18.3. The Balaban J connectivity index is 1.34. The molecule has 1 aliphatic heterocycles. The van der Waals surface area contributed by atoms with Crippen LogP contribution in [0.15, 0.2) is 24.5 Å². The highest BCUT2D eigenvalue weighted by atomic mass is 32.1. The van der Waals surface area contributed by atoms with Gasteiger partial charge in [0.2, 0.25) is 0 Å². The molecular weight excluding hydrogens is 500 g/mol. The highest BCUT2D eigenvalue weighted by Gasteiger charge is 2.25. The van der Waals surface area contributed by atoms with Gasteiger partial charge in [-0.25, -0.2) is 4.98 Å². The van der Waals surface area contributed by atoms with Crippen LogP contribution in [0.4, 0.5) is 11.6 Å². The molecule has 3 N–H and O–H groups in total. The number of aryl methyl sites for hydroxylation is 3. The minimum Gasteiger partial charge on any atom is -0.380 e. The first-order valence-corrected chi connectivity index (χ1v) is 14.4. The maximum atomic E-state index is 12.6. The molecule has 3 aromatic heterocycles. The van der Waals surface area contributed by atoms with Crippen LogP contribution in [-0.2, 0) is 22.4 Å². The summed E-state index contributed by atoms with van der Waals surface area (Å²) in [5, 5.41) is 17.2. The highest BCUT2D eigenvalue weighted by Crippen LogP contribution is 2.28. The van der Waals surface area contributed by atoms with Crippen LogP contribution < -0.4 is 15.4 Å². The van der Waals surface area contributed by atoms with E-state index < -0.39 is 6.04 Å². The predicted octanol–water partition coefficient (Wildman–Crippen LogP) is 4.00. The summed E-state index contributed by atoms with van der Waals surface area (Å²) in [4.78, 5) is 25.2. The molecule has 1 aliphatic rings. The smallest absolute Gasteiger partial charge is 0.281 e. The summed E-state index contributed by atoms with van der Waals surface area (Å²) in [5.41, 5.74) is 3.27. The zero-order chi connectivity index (χ0) is 27.1. The van der Waals surface area contributed by atoms with Crippen molar-refractivity contribution >= 4 is 39.0 Å². The van der Waals surface area contributed by atoms with E-state index in [-0.39, 0.29) is 11.9 Å². The fraction of sp³-hybridized carbons (Fsp3) is 0.571. The summed E-state index contributed by atoms with van der Waals surface area (Å²) in [6, 6.07) is 5.94. The monoisotopic (exact) mass is 541 g/mol. The second-order valence-electron chi connectivity index (χ2n) is 10.3. The van der Waals surface area contributed by atoms with E-state index in [1.165, 1.54) is 18.3 Å². The lowest BCUT2D eigenvalue weighted by Crippen LogP contribution is -2.41. The van der Waals surface area contributed by atoms with Crippen molar-refractivity contribution in [1.82, 2.24) is 14.9 Å². The molecule has 9 nitrogen and oxygen atoms in total. The number of fused-ring (bicyclic) bond motifs is 2. The number of methoxy groups -OCH3 is 1. The van der Waals surface area contributed by atoms with Crippen molar-refractivity contribution in [2.75, 3.05) is 43.9 Å². The summed E-state index contributed by atoms with van der Waals surface area (Å²) in [6.07, 6.45) is 7.41. The summed E-state index contributed by atoms with van der Waals surface area (Å²) < 4.78 is 7.36. The maximum Gasteiger partial charge on any atom is 0.281 e. The van der Waals surface area contributed by atoms with Crippen molar-refractivity contribution in [1.29, 1.82) is 0 Å². The molecule has 0 aromatic carbocycles. The summed E-state index contributed by atoms with van der Waals surface area (Å²) >= 11 is 1.55. The molecule has 10 heteroatoms. The quantitative estimate of drug-likeness (QED) is 0.160. The number of unbranched alkanes of at least 4 members (excludes halogenated alkanes) is 1. The SMILES string of the molecule is CO[C@H](C)CN(CCCCc1ccc2c(n1)NCCC2)CC[C@H](Nc1c2sc(C)cc2nc[n+]1O)C(C)=O. The Morgan fingerprint density at radius 2 is 2.18 bits per heavy atom. The summed E-state index contributed by atoms with van der Waals surface area (Å²) in [7, 11) is 1.73. The minimum atomic E-state index is -0.422. The molecule has 0 spiro atoms. The molecule has 0 saturated carbocycles. The number of nitrogens with zero attached hydrogens (tertiary/aromatic N) is 4. The Labute approximate surface area is 229 Å². The van der Waals surface area contributed by atoms with Gasteiger partial charge in [-0.3, -0.25) is 10.1 Å². The number of rotatable bonds is 14. The van der Waals surface area contributed by atoms with E-state index in [0.717, 1.165) is 83.2 Å². The van der Waals surface area contributed by atoms with Gasteiger partial charge in [-0.15, -0.1) is 16.3 Å². The molecule has 0 radical (unpaired) electrons. The molecule has 206 valence electrons. The third kappa shape index (κ3) is 7.39. The lowest BCUT2D eigenvalue weighted by molar-refractivity contribution is -0.894. The molecule has 0 bridgehead atoms. The number of thiophene rings is 1. The van der Waals surface area contributed by atoms with Crippen LogP contribution in [0.2, 0.25) is 0 Å². The van der Waals surface area contributed by atoms with E-state index in [9.17, 15) is 10.0 Å². The third-order valence-electron chi connectivity index (χ3n) is 7.15. The Morgan fingerprint density at radius 1 is 1.34 bits per heavy atom. The van der Waals surface area contributed by atoms with Crippen LogP contribution in [0.3, 0.4) is 0 Å². The summed E-state index contributed by atoms with van der Waals surface area (Å²) in [5.74, 6) is 1.60. The van der Waals surface area contributed by atoms with Gasteiger partial charge in [0.05, 0.1) is 6.10 Å². The number of ether oxygens (including phenoxy) is 1. The van der Waals surface area contributed by atoms with Gasteiger partial charge >= 0.3 is 0 Å². The lowest BCUT2D eigenvalue weighted by atomic mass is 10.1. The molecule has 0 fully saturated rings. The molecule has 0 unspecified atom stereocenters. The average molecular weight is 542 g/mol. The van der Waals surface area contributed by atoms with Crippen LogP contribution in [-0.4, -0.2) is 71.3 Å². The number of carbonyl (C=O) groups excluding carboxylic acids is 1. The number of ketones is 1. The van der Waals surface area contributed by atoms with Gasteiger partial charge in [-0.2, -0.15) is 0 Å². The molecule has 0 saturated heterocycles. The number of aromatic nitrogens is 3. The predicted molar refractivity (Wildman–Crippen MR) is 151 cm³/mol. The van der Waals surface area contributed by atoms with Crippen molar-refractivity contribution in [3.8, 4) is 0 Å². The van der Waals surface area contributed by atoms with Gasteiger partial charge in [-0.1, -0.05) is 10.8 Å². The number of nitrogens with one attached hydrogen (secondary N) is 2. The van der Waals surface area contributed by atoms with E-state index in [4.69, 9.17) is 9.72 Å². The van der Waals surface area contributed by atoms with Crippen LogP contribution in [0.1, 0.15) is 55.7 Å². The Morgan fingerprint density at radius 3 is 2.97 bits per heavy atom. The fourth-order valence-electron chi connectivity index (χ4n) is 4.91. The Kier molecular flexibility index (Phi) is 9.87. The van der Waals surface area contributed by atoms with Crippen LogP contribution in [0.5, 0.6) is 0 Å². The first kappa shape index (κ1) is 28.2. The topological polar surface area (TPSA) is 103 Å². The number of carbonyl (C=O) groups is 1. The van der Waals surface area contributed by atoms with Crippen molar-refractivity contribution < 1.29 is 19.5 Å². The number of hydrogen-bond acceptors (Lipinski definition) is 9. The van der Waals surface area contributed by atoms with Gasteiger partial charge < -0.3 is 20.2 Å². The van der Waals surface area contributed by atoms with Gasteiger partial charge in [-0.05, 0) is 77.1 Å². The lowest BCUT2D eigenvalue weighted by Gasteiger charge is -2.26. The largest absolute Gasteiger partial charge is 0.380 e. The van der Waals surface area contributed by atoms with Crippen molar-refractivity contribution in [2.45, 2.75) is 71.4 Å². The van der Waals surface area contributed by atoms with E-state index >= 15 is 0 Å². The van der Waals surface area contributed by atoms with Gasteiger partial charge in [0, 0.05) is 43.7 Å². The Hall–Kier alpha value is -2.82. The highest BCUT2D eigenvalue weighted by molar-refractivity contribution is 7.19. The zero-order valence-electron chi connectivity index (χ0n) is 23.0. The second-order valence-corrected chi connectivity index (χ2v) is 11.5. The minimum absolute atomic E-state index is 0.0371. The van der Waals surface area contributed by atoms with Crippen molar-refractivity contribution in [3.05, 3.63) is 40.7 Å². The molecule has 4 rings (SSSR count). The molecular formula is C28H41N6O3S+. The van der Waals surface area contributed by atoms with Gasteiger partial charge in [0.25, 0.3) is 12.1 Å².